The van der Waals surface area contributed by atoms with Gasteiger partial charge in [0.1, 0.15) is 6.04 Å². The van der Waals surface area contributed by atoms with Gasteiger partial charge in [0, 0.05) is 35.1 Å². The molecule has 26 heavy (non-hydrogen) atoms. The first-order chi connectivity index (χ1) is 12.3. The predicted molar refractivity (Wildman–Crippen MR) is 107 cm³/mol. The van der Waals surface area contributed by atoms with Crippen molar-refractivity contribution in [3.05, 3.63) is 34.7 Å². The number of amides is 2. The number of hydrogen-bond acceptors (Lipinski definition) is 4. The zero-order valence-electron chi connectivity index (χ0n) is 15.8. The number of likely N-dealkylation sites (N-methyl/N-ethyl adjacent to an activating group) is 1. The van der Waals surface area contributed by atoms with Crippen LogP contribution < -0.4 is 11.1 Å². The number of carbonyl (C=O) groups excluding carboxylic acids is 2. The number of nitrogens with two attached hydrogens (primary N) is 1. The molecule has 0 saturated carbocycles. The Morgan fingerprint density at radius 3 is 2.77 bits per heavy atom. The minimum Gasteiger partial charge on any atom is -0.357 e. The van der Waals surface area contributed by atoms with Crippen LogP contribution in [0.25, 0.3) is 10.1 Å². The second-order valence-corrected chi connectivity index (χ2v) is 8.59. The summed E-state index contributed by atoms with van der Waals surface area (Å²) in [5, 5.41) is 5.49. The maximum Gasteiger partial charge on any atom is 0.256 e. The van der Waals surface area contributed by atoms with E-state index >= 15 is 0 Å². The molecule has 1 saturated heterocycles. The lowest BCUT2D eigenvalue weighted by molar-refractivity contribution is -0.124. The minimum absolute atomic E-state index is 0.106. The molecule has 2 amide bonds. The first-order valence-electron chi connectivity index (χ1n) is 9.08. The number of rotatable bonds is 4. The van der Waals surface area contributed by atoms with Crippen molar-refractivity contribution in [2.75, 3.05) is 13.6 Å². The summed E-state index contributed by atoms with van der Waals surface area (Å²) in [7, 11) is 1.59. The van der Waals surface area contributed by atoms with Crippen molar-refractivity contribution in [3.8, 4) is 0 Å². The van der Waals surface area contributed by atoms with E-state index in [4.69, 9.17) is 5.73 Å². The first-order valence-corrected chi connectivity index (χ1v) is 9.96. The van der Waals surface area contributed by atoms with Gasteiger partial charge in [0.2, 0.25) is 5.91 Å². The maximum absolute atomic E-state index is 13.1. The highest BCUT2D eigenvalue weighted by Crippen LogP contribution is 2.34. The average Bonchev–Trinajstić information content (AvgIpc) is 3.23. The van der Waals surface area contributed by atoms with Gasteiger partial charge < -0.3 is 16.0 Å². The van der Waals surface area contributed by atoms with E-state index in [1.54, 1.807) is 23.3 Å². The van der Waals surface area contributed by atoms with Gasteiger partial charge >= 0.3 is 0 Å². The molecule has 1 aliphatic heterocycles. The van der Waals surface area contributed by atoms with E-state index in [0.717, 1.165) is 16.5 Å². The maximum atomic E-state index is 13.1. The molecule has 1 fully saturated rings. The number of carbonyl (C=O) groups is 2. The summed E-state index contributed by atoms with van der Waals surface area (Å²) in [5.41, 5.74) is 8.07. The molecule has 0 unspecified atom stereocenters. The van der Waals surface area contributed by atoms with E-state index in [9.17, 15) is 9.59 Å². The highest BCUT2D eigenvalue weighted by molar-refractivity contribution is 7.17. The van der Waals surface area contributed by atoms with Crippen LogP contribution >= 0.6 is 11.3 Å². The molecule has 2 aromatic rings. The van der Waals surface area contributed by atoms with Gasteiger partial charge in [-0.05, 0) is 29.9 Å². The molecule has 0 spiro atoms. The largest absolute Gasteiger partial charge is 0.357 e. The van der Waals surface area contributed by atoms with Crippen molar-refractivity contribution >= 4 is 33.2 Å². The van der Waals surface area contributed by atoms with Gasteiger partial charge in [-0.3, -0.25) is 9.59 Å². The standard InChI is InChI=1S/C20H27N3O2S/c1-5-20(2,3)12-6-7-14-15(11-26-17(14)8-12)19(25)23-10-13(21)9-16(23)18(24)22-4/h6-8,11,13,16H,5,9-10,21H2,1-4H3,(H,22,24)/t13-,16-/m0/s1. The predicted octanol–water partition coefficient (Wildman–Crippen LogP) is 2.88. The van der Waals surface area contributed by atoms with Crippen LogP contribution in [0.4, 0.5) is 0 Å². The molecule has 6 heteroatoms. The lowest BCUT2D eigenvalue weighted by Gasteiger charge is -2.24. The highest BCUT2D eigenvalue weighted by atomic mass is 32.1. The minimum atomic E-state index is -0.490. The van der Waals surface area contributed by atoms with E-state index in [0.29, 0.717) is 18.5 Å². The Hall–Kier alpha value is -1.92. The quantitative estimate of drug-likeness (QED) is 0.865. The monoisotopic (exact) mass is 373 g/mol. The summed E-state index contributed by atoms with van der Waals surface area (Å²) in [6.45, 7) is 7.05. The lowest BCUT2D eigenvalue weighted by atomic mass is 9.82. The normalized spacial score (nSPS) is 20.6. The molecule has 5 nitrogen and oxygen atoms in total. The molecule has 0 radical (unpaired) electrons. The number of fused-ring (bicyclic) bond motifs is 1. The third-order valence-electron chi connectivity index (χ3n) is 5.61. The second kappa shape index (κ2) is 7.00. The van der Waals surface area contributed by atoms with Crippen LogP contribution in [-0.4, -0.2) is 42.4 Å². The van der Waals surface area contributed by atoms with Crippen molar-refractivity contribution in [1.29, 1.82) is 0 Å². The molecule has 2 heterocycles. The fraction of sp³-hybridized carbons (Fsp3) is 0.500. The van der Waals surface area contributed by atoms with Crippen molar-refractivity contribution in [2.45, 2.75) is 51.1 Å². The van der Waals surface area contributed by atoms with Crippen LogP contribution in [0.3, 0.4) is 0 Å². The summed E-state index contributed by atoms with van der Waals surface area (Å²) in [6.07, 6.45) is 1.55. The number of benzene rings is 1. The second-order valence-electron chi connectivity index (χ2n) is 7.68. The number of nitrogens with one attached hydrogen (secondary N) is 1. The van der Waals surface area contributed by atoms with Gasteiger partial charge in [0.05, 0.1) is 5.56 Å². The van der Waals surface area contributed by atoms with Crippen LogP contribution in [0.1, 0.15) is 49.5 Å². The van der Waals surface area contributed by atoms with Gasteiger partial charge in [-0.1, -0.05) is 32.9 Å². The molecule has 0 aliphatic carbocycles. The molecular weight excluding hydrogens is 346 g/mol. The molecule has 140 valence electrons. The Balaban J connectivity index is 1.95. The van der Waals surface area contributed by atoms with Gasteiger partial charge in [-0.2, -0.15) is 0 Å². The smallest absolute Gasteiger partial charge is 0.256 e. The molecule has 0 bridgehead atoms. The average molecular weight is 374 g/mol. The van der Waals surface area contributed by atoms with Crippen LogP contribution in [-0.2, 0) is 10.2 Å². The number of nitrogens with zero attached hydrogens (tertiary/aromatic N) is 1. The molecular formula is C20H27N3O2S. The van der Waals surface area contributed by atoms with Gasteiger partial charge in [0.25, 0.3) is 5.91 Å². The fourth-order valence-corrected chi connectivity index (χ4v) is 4.45. The zero-order chi connectivity index (χ0) is 19.1. The summed E-state index contributed by atoms with van der Waals surface area (Å²) >= 11 is 1.58. The lowest BCUT2D eigenvalue weighted by Crippen LogP contribution is -2.44. The van der Waals surface area contributed by atoms with Crippen molar-refractivity contribution < 1.29 is 9.59 Å². The third-order valence-corrected chi connectivity index (χ3v) is 6.56. The summed E-state index contributed by atoms with van der Waals surface area (Å²) in [6, 6.07) is 5.68. The Kier molecular flexibility index (Phi) is 5.08. The van der Waals surface area contributed by atoms with E-state index in [2.05, 4.69) is 38.2 Å². The van der Waals surface area contributed by atoms with E-state index in [1.807, 2.05) is 11.4 Å². The molecule has 3 rings (SSSR count). The highest BCUT2D eigenvalue weighted by Gasteiger charge is 2.38. The molecule has 3 N–H and O–H groups in total. The van der Waals surface area contributed by atoms with Crippen molar-refractivity contribution in [2.24, 2.45) is 5.73 Å². The fourth-order valence-electron chi connectivity index (χ4n) is 3.48. The van der Waals surface area contributed by atoms with E-state index in [1.165, 1.54) is 5.56 Å². The topological polar surface area (TPSA) is 75.4 Å². The van der Waals surface area contributed by atoms with Gasteiger partial charge in [-0.25, -0.2) is 0 Å². The Morgan fingerprint density at radius 2 is 2.12 bits per heavy atom. The van der Waals surface area contributed by atoms with Crippen LogP contribution in [0, 0.1) is 0 Å². The zero-order valence-corrected chi connectivity index (χ0v) is 16.7. The molecule has 2 atom stereocenters. The number of thiophene rings is 1. The Labute approximate surface area is 158 Å². The van der Waals surface area contributed by atoms with Crippen LogP contribution in [0.15, 0.2) is 23.6 Å². The van der Waals surface area contributed by atoms with Crippen molar-refractivity contribution in [1.82, 2.24) is 10.2 Å². The van der Waals surface area contributed by atoms with Gasteiger partial charge in [-0.15, -0.1) is 11.3 Å². The number of hydrogen-bond donors (Lipinski definition) is 2. The summed E-state index contributed by atoms with van der Waals surface area (Å²) < 4.78 is 1.10. The molecule has 1 aromatic heterocycles. The summed E-state index contributed by atoms with van der Waals surface area (Å²) in [4.78, 5) is 26.9. The number of likely N-dealkylation sites (tertiary alicyclic amines) is 1. The van der Waals surface area contributed by atoms with Crippen LogP contribution in [0.5, 0.6) is 0 Å². The molecule has 1 aliphatic rings. The molecule has 1 aromatic carbocycles. The third kappa shape index (κ3) is 3.23. The van der Waals surface area contributed by atoms with Crippen LogP contribution in [0.2, 0.25) is 0 Å². The van der Waals surface area contributed by atoms with E-state index < -0.39 is 6.04 Å². The van der Waals surface area contributed by atoms with Gasteiger partial charge in [0.15, 0.2) is 0 Å². The SMILES string of the molecule is CCC(C)(C)c1ccc2c(C(=O)N3C[C@@H](N)C[C@H]3C(=O)NC)csc2c1. The first kappa shape index (κ1) is 18.9. The summed E-state index contributed by atoms with van der Waals surface area (Å²) in [5.74, 6) is -0.266. The van der Waals surface area contributed by atoms with Crippen molar-refractivity contribution in [3.63, 3.8) is 0 Å². The van der Waals surface area contributed by atoms with E-state index in [-0.39, 0.29) is 23.3 Å². The Bertz CT molecular complexity index is 843. The Morgan fingerprint density at radius 1 is 1.38 bits per heavy atom.